The van der Waals surface area contributed by atoms with Gasteiger partial charge in [0.05, 0.1) is 22.2 Å². The second kappa shape index (κ2) is 6.90. The number of imidazole rings is 2. The third kappa shape index (κ3) is 3.18. The third-order valence-electron chi connectivity index (χ3n) is 4.58. The molecule has 4 heterocycles. The van der Waals surface area contributed by atoms with Crippen molar-refractivity contribution in [2.24, 2.45) is 7.05 Å². The van der Waals surface area contributed by atoms with Gasteiger partial charge in [0.2, 0.25) is 5.91 Å². The van der Waals surface area contributed by atoms with E-state index in [2.05, 4.69) is 15.3 Å². The van der Waals surface area contributed by atoms with Crippen LogP contribution in [-0.2, 0) is 18.3 Å². The first-order valence-electron chi connectivity index (χ1n) is 8.33. The van der Waals surface area contributed by atoms with Crippen LogP contribution in [0.1, 0.15) is 17.6 Å². The van der Waals surface area contributed by atoms with E-state index in [9.17, 15) is 4.79 Å². The average Bonchev–Trinajstić information content (AvgIpc) is 3.20. The Kier molecular flexibility index (Phi) is 4.60. The number of hydrogen-bond donors (Lipinski definition) is 1. The van der Waals surface area contributed by atoms with Crippen molar-refractivity contribution in [2.75, 3.05) is 19.6 Å². The number of aryl methyl sites for hydroxylation is 1. The molecular weight excluding hydrogens is 375 g/mol. The van der Waals surface area contributed by atoms with Crippen LogP contribution < -0.4 is 5.32 Å². The van der Waals surface area contributed by atoms with Crippen LogP contribution in [0, 0.1) is 0 Å². The monoisotopic (exact) mass is 392 g/mol. The molecule has 26 heavy (non-hydrogen) atoms. The summed E-state index contributed by atoms with van der Waals surface area (Å²) in [5, 5.41) is 4.32. The molecular formula is C17H18Cl2N6O. The molecule has 0 saturated carbocycles. The van der Waals surface area contributed by atoms with Crippen LogP contribution in [0.25, 0.3) is 5.65 Å². The van der Waals surface area contributed by atoms with Crippen molar-refractivity contribution >= 4 is 34.8 Å². The number of nitrogens with one attached hydrogen (secondary N) is 1. The zero-order chi connectivity index (χ0) is 18.3. The van der Waals surface area contributed by atoms with Crippen LogP contribution in [0.15, 0.2) is 30.9 Å². The van der Waals surface area contributed by atoms with Crippen molar-refractivity contribution in [1.82, 2.24) is 29.2 Å². The number of pyridine rings is 1. The lowest BCUT2D eigenvalue weighted by molar-refractivity contribution is -0.134. The molecule has 1 amide bonds. The number of carbonyl (C=O) groups is 1. The first-order chi connectivity index (χ1) is 12.5. The van der Waals surface area contributed by atoms with Crippen molar-refractivity contribution in [3.8, 4) is 0 Å². The summed E-state index contributed by atoms with van der Waals surface area (Å²) in [6.07, 6.45) is 7.37. The van der Waals surface area contributed by atoms with Crippen molar-refractivity contribution in [3.05, 3.63) is 52.4 Å². The van der Waals surface area contributed by atoms with Gasteiger partial charge in [-0.25, -0.2) is 9.97 Å². The summed E-state index contributed by atoms with van der Waals surface area (Å²) in [7, 11) is 1.94. The van der Waals surface area contributed by atoms with Crippen LogP contribution in [0.3, 0.4) is 0 Å². The molecule has 0 radical (unpaired) electrons. The molecule has 4 rings (SSSR count). The number of aromatic nitrogens is 4. The molecule has 7 nitrogen and oxygen atoms in total. The number of rotatable bonds is 3. The molecule has 0 aromatic carbocycles. The summed E-state index contributed by atoms with van der Waals surface area (Å²) in [6.45, 7) is 2.08. The number of carbonyl (C=O) groups excluding carboxylic acids is 1. The zero-order valence-electron chi connectivity index (χ0n) is 14.2. The minimum Gasteiger partial charge on any atom is -0.336 e. The third-order valence-corrected chi connectivity index (χ3v) is 5.06. The molecule has 0 spiro atoms. The lowest BCUT2D eigenvalue weighted by atomic mass is 10.1. The van der Waals surface area contributed by atoms with Gasteiger partial charge in [-0.2, -0.15) is 0 Å². The molecule has 1 fully saturated rings. The molecule has 1 saturated heterocycles. The summed E-state index contributed by atoms with van der Waals surface area (Å²) in [6, 6.07) is 1.55. The minimum atomic E-state index is -0.0914. The van der Waals surface area contributed by atoms with E-state index in [-0.39, 0.29) is 18.4 Å². The zero-order valence-corrected chi connectivity index (χ0v) is 15.7. The van der Waals surface area contributed by atoms with E-state index in [1.165, 1.54) is 0 Å². The number of halogens is 2. The van der Waals surface area contributed by atoms with Crippen LogP contribution in [0.5, 0.6) is 0 Å². The number of amides is 1. The van der Waals surface area contributed by atoms with Crippen molar-refractivity contribution in [3.63, 3.8) is 0 Å². The Balaban J connectivity index is 1.58. The highest BCUT2D eigenvalue weighted by atomic mass is 35.5. The molecule has 0 bridgehead atoms. The SMILES string of the molecule is Cn1ccnc1C1CNCCN1C(=O)Cc1cn2cc(Cl)cc(Cl)c2n1. The van der Waals surface area contributed by atoms with E-state index >= 15 is 0 Å². The summed E-state index contributed by atoms with van der Waals surface area (Å²) >= 11 is 12.2. The minimum absolute atomic E-state index is 0.0186. The van der Waals surface area contributed by atoms with Gasteiger partial charge in [0.15, 0.2) is 5.65 Å². The number of fused-ring (bicyclic) bond motifs is 1. The summed E-state index contributed by atoms with van der Waals surface area (Å²) < 4.78 is 3.70. The van der Waals surface area contributed by atoms with E-state index < -0.39 is 0 Å². The predicted molar refractivity (Wildman–Crippen MR) is 99.4 cm³/mol. The molecule has 9 heteroatoms. The molecule has 3 aromatic rings. The smallest absolute Gasteiger partial charge is 0.229 e. The molecule has 0 aliphatic carbocycles. The second-order valence-electron chi connectivity index (χ2n) is 6.35. The van der Waals surface area contributed by atoms with Crippen LogP contribution >= 0.6 is 23.2 Å². The topological polar surface area (TPSA) is 67.5 Å². The number of nitrogens with zero attached hydrogens (tertiary/aromatic N) is 5. The van der Waals surface area contributed by atoms with E-state index in [1.807, 2.05) is 22.7 Å². The second-order valence-corrected chi connectivity index (χ2v) is 7.19. The normalized spacial score (nSPS) is 17.8. The summed E-state index contributed by atoms with van der Waals surface area (Å²) in [4.78, 5) is 23.7. The Labute approximate surface area is 160 Å². The number of piperazine rings is 1. The molecule has 1 aliphatic heterocycles. The largest absolute Gasteiger partial charge is 0.336 e. The van der Waals surface area contributed by atoms with Gasteiger partial charge >= 0.3 is 0 Å². The highest BCUT2D eigenvalue weighted by Gasteiger charge is 2.30. The summed E-state index contributed by atoms with van der Waals surface area (Å²) in [5.41, 5.74) is 1.26. The number of hydrogen-bond acceptors (Lipinski definition) is 4. The van der Waals surface area contributed by atoms with Gasteiger partial charge in [-0.05, 0) is 6.07 Å². The van der Waals surface area contributed by atoms with Crippen LogP contribution in [-0.4, -0.2) is 49.4 Å². The molecule has 1 N–H and O–H groups in total. The van der Waals surface area contributed by atoms with Gasteiger partial charge in [-0.1, -0.05) is 23.2 Å². The lowest BCUT2D eigenvalue weighted by Gasteiger charge is -2.35. The Hall–Kier alpha value is -2.09. The quantitative estimate of drug-likeness (QED) is 0.740. The van der Waals surface area contributed by atoms with Gasteiger partial charge in [0, 0.05) is 51.5 Å². The van der Waals surface area contributed by atoms with Gasteiger partial charge in [0.25, 0.3) is 0 Å². The van der Waals surface area contributed by atoms with Crippen molar-refractivity contribution in [1.29, 1.82) is 0 Å². The van der Waals surface area contributed by atoms with Gasteiger partial charge in [0.1, 0.15) is 11.9 Å². The summed E-state index contributed by atoms with van der Waals surface area (Å²) in [5.74, 6) is 0.889. The molecule has 1 aliphatic rings. The van der Waals surface area contributed by atoms with Gasteiger partial charge in [-0.15, -0.1) is 0 Å². The van der Waals surface area contributed by atoms with Gasteiger partial charge in [-0.3, -0.25) is 4.79 Å². The van der Waals surface area contributed by atoms with Crippen LogP contribution in [0.2, 0.25) is 10.0 Å². The average molecular weight is 393 g/mol. The fraction of sp³-hybridized carbons (Fsp3) is 0.353. The van der Waals surface area contributed by atoms with E-state index in [4.69, 9.17) is 23.2 Å². The van der Waals surface area contributed by atoms with E-state index in [0.717, 1.165) is 12.4 Å². The van der Waals surface area contributed by atoms with E-state index in [0.29, 0.717) is 34.5 Å². The molecule has 136 valence electrons. The van der Waals surface area contributed by atoms with E-state index in [1.54, 1.807) is 29.1 Å². The Morgan fingerprint density at radius 1 is 1.38 bits per heavy atom. The molecule has 3 aromatic heterocycles. The van der Waals surface area contributed by atoms with Crippen molar-refractivity contribution < 1.29 is 4.79 Å². The Morgan fingerprint density at radius 2 is 2.23 bits per heavy atom. The maximum absolute atomic E-state index is 13.0. The highest BCUT2D eigenvalue weighted by Crippen LogP contribution is 2.24. The highest BCUT2D eigenvalue weighted by molar-refractivity contribution is 6.36. The molecule has 1 atom stereocenters. The first kappa shape index (κ1) is 17.3. The van der Waals surface area contributed by atoms with Crippen molar-refractivity contribution in [2.45, 2.75) is 12.5 Å². The lowest BCUT2D eigenvalue weighted by Crippen LogP contribution is -2.49. The van der Waals surface area contributed by atoms with Crippen LogP contribution in [0.4, 0.5) is 0 Å². The Morgan fingerprint density at radius 3 is 3.00 bits per heavy atom. The predicted octanol–water partition coefficient (Wildman–Crippen LogP) is 2.09. The molecule has 1 unspecified atom stereocenters. The van der Waals surface area contributed by atoms with Gasteiger partial charge < -0.3 is 19.2 Å². The Bertz CT molecular complexity index is 965. The standard InChI is InChI=1S/C17H18Cl2N6O/c1-23-4-3-21-17(23)14-8-20-2-5-25(14)15(26)7-12-10-24-9-11(18)6-13(19)16(24)22-12/h3-4,6,9-10,14,20H,2,5,7-8H2,1H3. The maximum Gasteiger partial charge on any atom is 0.229 e. The fourth-order valence-corrected chi connectivity index (χ4v) is 3.88. The maximum atomic E-state index is 13.0. The first-order valence-corrected chi connectivity index (χ1v) is 9.08. The fourth-order valence-electron chi connectivity index (χ4n) is 3.35.